The van der Waals surface area contributed by atoms with Gasteiger partial charge in [0.2, 0.25) is 0 Å². The van der Waals surface area contributed by atoms with Crippen molar-refractivity contribution in [3.63, 3.8) is 0 Å². The number of allylic oxidation sites excluding steroid dienone is 3. The minimum Gasteiger partial charge on any atom is -0.462 e. The lowest BCUT2D eigenvalue weighted by Gasteiger charge is -2.40. The molecule has 0 fully saturated rings. The second kappa shape index (κ2) is 3.83. The van der Waals surface area contributed by atoms with Crippen LogP contribution in [0.2, 0.25) is 0 Å². The first-order chi connectivity index (χ1) is 11.3. The first-order valence-corrected chi connectivity index (χ1v) is 8.04. The van der Waals surface area contributed by atoms with Crippen molar-refractivity contribution in [2.24, 2.45) is 5.92 Å². The van der Waals surface area contributed by atoms with E-state index in [0.717, 1.165) is 51.9 Å². The second-order valence-electron chi connectivity index (χ2n) is 6.62. The van der Waals surface area contributed by atoms with E-state index in [1.807, 2.05) is 36.4 Å². The molecule has 6 rings (SSSR count). The Morgan fingerprint density at radius 3 is 2.17 bits per heavy atom. The molecule has 0 saturated carbocycles. The molecule has 0 aromatic heterocycles. The Labute approximate surface area is 134 Å². The van der Waals surface area contributed by atoms with E-state index in [2.05, 4.69) is 13.0 Å². The van der Waals surface area contributed by atoms with Gasteiger partial charge in [0.05, 0.1) is 0 Å². The second-order valence-corrected chi connectivity index (χ2v) is 6.62. The van der Waals surface area contributed by atoms with Crippen LogP contribution in [-0.4, -0.2) is 6.71 Å². The molecule has 1 atom stereocenters. The summed E-state index contributed by atoms with van der Waals surface area (Å²) >= 11 is 0. The van der Waals surface area contributed by atoms with E-state index in [1.165, 1.54) is 5.47 Å². The Kier molecular flexibility index (Phi) is 1.98. The highest BCUT2D eigenvalue weighted by Gasteiger charge is 2.48. The fourth-order valence-corrected chi connectivity index (χ4v) is 4.21. The summed E-state index contributed by atoms with van der Waals surface area (Å²) < 4.78 is 18.6. The molecule has 110 valence electrons. The van der Waals surface area contributed by atoms with Gasteiger partial charge in [-0.25, -0.2) is 0 Å². The van der Waals surface area contributed by atoms with Crippen LogP contribution >= 0.6 is 0 Å². The van der Waals surface area contributed by atoms with Crippen LogP contribution in [0.5, 0.6) is 23.0 Å². The van der Waals surface area contributed by atoms with Crippen LogP contribution in [0.25, 0.3) is 0 Å². The Bertz CT molecular complexity index is 957. The van der Waals surface area contributed by atoms with Gasteiger partial charge in [0.15, 0.2) is 0 Å². The molecule has 0 amide bonds. The molecule has 1 unspecified atom stereocenters. The summed E-state index contributed by atoms with van der Waals surface area (Å²) in [6, 6.07) is 12.1. The van der Waals surface area contributed by atoms with Crippen molar-refractivity contribution in [3.8, 4) is 23.0 Å². The van der Waals surface area contributed by atoms with Crippen LogP contribution in [0.15, 0.2) is 59.5 Å². The average Bonchev–Trinajstić information content (AvgIpc) is 2.54. The molecule has 2 aromatic carbocycles. The SMILES string of the molecule is CC1C=C2Oc3cccc4c3B3C2=C(C1)Oc1cccc(c13)O4. The minimum atomic E-state index is 0.164. The van der Waals surface area contributed by atoms with Gasteiger partial charge in [-0.2, -0.15) is 0 Å². The van der Waals surface area contributed by atoms with Crippen molar-refractivity contribution >= 4 is 17.6 Å². The number of rotatable bonds is 0. The Balaban J connectivity index is 1.75. The summed E-state index contributed by atoms with van der Waals surface area (Å²) in [6.07, 6.45) is 3.14. The summed E-state index contributed by atoms with van der Waals surface area (Å²) in [5.74, 6) is 6.02. The molecule has 3 aliphatic heterocycles. The van der Waals surface area contributed by atoms with Crippen LogP contribution in [0.3, 0.4) is 0 Å². The maximum atomic E-state index is 6.25. The first kappa shape index (κ1) is 11.9. The minimum absolute atomic E-state index is 0.164. The molecule has 23 heavy (non-hydrogen) atoms. The van der Waals surface area contributed by atoms with Crippen molar-refractivity contribution in [2.45, 2.75) is 13.3 Å². The fourth-order valence-electron chi connectivity index (χ4n) is 4.21. The summed E-state index contributed by atoms with van der Waals surface area (Å²) in [5, 5.41) is 0. The van der Waals surface area contributed by atoms with Crippen LogP contribution in [-0.2, 0) is 0 Å². The van der Waals surface area contributed by atoms with Crippen molar-refractivity contribution in [3.05, 3.63) is 59.5 Å². The lowest BCUT2D eigenvalue weighted by Crippen LogP contribution is -2.55. The van der Waals surface area contributed by atoms with Gasteiger partial charge >= 0.3 is 0 Å². The molecule has 0 N–H and O–H groups in total. The van der Waals surface area contributed by atoms with Crippen molar-refractivity contribution in [1.82, 2.24) is 0 Å². The smallest absolute Gasteiger partial charge is 0.269 e. The van der Waals surface area contributed by atoms with E-state index in [-0.39, 0.29) is 6.71 Å². The van der Waals surface area contributed by atoms with E-state index < -0.39 is 0 Å². The number of hydrogen-bond donors (Lipinski definition) is 0. The maximum Gasteiger partial charge on any atom is 0.269 e. The normalized spacial score (nSPS) is 21.7. The third-order valence-corrected chi connectivity index (χ3v) is 5.10. The number of hydrogen-bond acceptors (Lipinski definition) is 3. The molecule has 0 saturated heterocycles. The predicted octanol–water partition coefficient (Wildman–Crippen LogP) is 2.90. The van der Waals surface area contributed by atoms with E-state index in [0.29, 0.717) is 5.92 Å². The summed E-state index contributed by atoms with van der Waals surface area (Å²) in [5.41, 5.74) is 3.45. The Morgan fingerprint density at radius 1 is 0.870 bits per heavy atom. The van der Waals surface area contributed by atoms with E-state index in [9.17, 15) is 0 Å². The van der Waals surface area contributed by atoms with Gasteiger partial charge < -0.3 is 14.2 Å². The lowest BCUT2D eigenvalue weighted by molar-refractivity contribution is 0.349. The van der Waals surface area contributed by atoms with Gasteiger partial charge in [0, 0.05) is 22.8 Å². The lowest BCUT2D eigenvalue weighted by atomic mass is 9.32. The molecule has 2 aromatic rings. The first-order valence-electron chi connectivity index (χ1n) is 8.04. The zero-order chi connectivity index (χ0) is 15.1. The van der Waals surface area contributed by atoms with Gasteiger partial charge in [0.25, 0.3) is 6.71 Å². The standard InChI is InChI=1S/C19H13BO3/c1-10-8-15-19-16(9-10)23-14-7-3-5-12-18(14)20(19)17-11(21-12)4-2-6-13(17)22-15/h2-8,10H,9H2,1H3. The maximum absolute atomic E-state index is 6.25. The molecular weight excluding hydrogens is 287 g/mol. The zero-order valence-electron chi connectivity index (χ0n) is 12.6. The van der Waals surface area contributed by atoms with Crippen LogP contribution in [0, 0.1) is 5.92 Å². The molecule has 3 nitrogen and oxygen atoms in total. The van der Waals surface area contributed by atoms with Gasteiger partial charge in [-0.1, -0.05) is 19.1 Å². The quantitative estimate of drug-likeness (QED) is 0.700. The highest BCUT2D eigenvalue weighted by atomic mass is 16.5. The topological polar surface area (TPSA) is 27.7 Å². The number of ether oxygens (including phenoxy) is 3. The monoisotopic (exact) mass is 300 g/mol. The molecule has 0 bridgehead atoms. The molecule has 4 aliphatic rings. The summed E-state index contributed by atoms with van der Waals surface area (Å²) in [7, 11) is 0. The fraction of sp³-hybridized carbons (Fsp3) is 0.158. The average molecular weight is 300 g/mol. The largest absolute Gasteiger partial charge is 0.462 e. The highest BCUT2D eigenvalue weighted by Crippen LogP contribution is 2.44. The Morgan fingerprint density at radius 2 is 1.48 bits per heavy atom. The van der Waals surface area contributed by atoms with Gasteiger partial charge in [-0.3, -0.25) is 0 Å². The molecule has 3 heterocycles. The van der Waals surface area contributed by atoms with Gasteiger partial charge in [-0.05, 0) is 36.3 Å². The van der Waals surface area contributed by atoms with Crippen LogP contribution < -0.4 is 25.1 Å². The summed E-state index contributed by atoms with van der Waals surface area (Å²) in [4.78, 5) is 0. The number of benzene rings is 2. The van der Waals surface area contributed by atoms with Crippen molar-refractivity contribution in [2.75, 3.05) is 0 Å². The molecule has 4 heteroatoms. The third-order valence-electron chi connectivity index (χ3n) is 5.10. The van der Waals surface area contributed by atoms with E-state index in [4.69, 9.17) is 14.2 Å². The summed E-state index contributed by atoms with van der Waals surface area (Å²) in [6.45, 7) is 2.36. The van der Waals surface area contributed by atoms with Crippen LogP contribution in [0.1, 0.15) is 13.3 Å². The van der Waals surface area contributed by atoms with E-state index in [1.54, 1.807) is 0 Å². The van der Waals surface area contributed by atoms with Crippen LogP contribution in [0.4, 0.5) is 0 Å². The zero-order valence-corrected chi connectivity index (χ0v) is 12.6. The predicted molar refractivity (Wildman–Crippen MR) is 88.1 cm³/mol. The molecular formula is C19H13BO3. The molecule has 1 aliphatic carbocycles. The van der Waals surface area contributed by atoms with Crippen molar-refractivity contribution in [1.29, 1.82) is 0 Å². The van der Waals surface area contributed by atoms with Gasteiger partial charge in [-0.15, -0.1) is 0 Å². The Hall–Kier alpha value is -2.62. The van der Waals surface area contributed by atoms with Gasteiger partial charge in [0.1, 0.15) is 34.5 Å². The molecule has 0 radical (unpaired) electrons. The van der Waals surface area contributed by atoms with Crippen molar-refractivity contribution < 1.29 is 14.2 Å². The third kappa shape index (κ3) is 1.37. The van der Waals surface area contributed by atoms with E-state index >= 15 is 0 Å². The molecule has 0 spiro atoms. The highest BCUT2D eigenvalue weighted by molar-refractivity contribution is 6.94.